The molecule has 2 aromatic carbocycles. The first-order chi connectivity index (χ1) is 14.2. The van der Waals surface area contributed by atoms with E-state index in [1.807, 2.05) is 24.3 Å². The third kappa shape index (κ3) is 4.93. The van der Waals surface area contributed by atoms with Crippen LogP contribution in [0.2, 0.25) is 0 Å². The minimum absolute atomic E-state index is 0.119. The summed E-state index contributed by atoms with van der Waals surface area (Å²) in [5.74, 6) is -1.00. The van der Waals surface area contributed by atoms with E-state index in [1.54, 1.807) is 7.11 Å². The van der Waals surface area contributed by atoms with Crippen molar-refractivity contribution >= 4 is 17.5 Å². The van der Waals surface area contributed by atoms with E-state index in [9.17, 15) is 22.8 Å². The fraction of sp³-hybridized carbons (Fsp3) is 0.364. The highest BCUT2D eigenvalue weighted by molar-refractivity contribution is 6.39. The quantitative estimate of drug-likeness (QED) is 0.710. The molecule has 0 spiro atoms. The van der Waals surface area contributed by atoms with Crippen LogP contribution in [0.1, 0.15) is 36.8 Å². The maximum absolute atomic E-state index is 12.6. The summed E-state index contributed by atoms with van der Waals surface area (Å²) in [4.78, 5) is 24.4. The van der Waals surface area contributed by atoms with Crippen molar-refractivity contribution in [2.75, 3.05) is 19.0 Å². The number of alkyl halides is 3. The molecule has 0 unspecified atom stereocenters. The van der Waals surface area contributed by atoms with Crippen LogP contribution in [0, 0.1) is 0 Å². The number of hydrogen-bond donors (Lipinski definition) is 2. The Bertz CT molecular complexity index is 887. The van der Waals surface area contributed by atoms with Crippen molar-refractivity contribution in [3.8, 4) is 5.75 Å². The van der Waals surface area contributed by atoms with Crippen molar-refractivity contribution in [2.45, 2.75) is 37.3 Å². The van der Waals surface area contributed by atoms with Gasteiger partial charge in [-0.05, 0) is 54.8 Å². The number of nitrogens with one attached hydrogen (secondary N) is 2. The second-order valence-electron chi connectivity index (χ2n) is 7.43. The predicted octanol–water partition coefficient (Wildman–Crippen LogP) is 4.28. The molecule has 2 aromatic rings. The highest BCUT2D eigenvalue weighted by atomic mass is 19.4. The van der Waals surface area contributed by atoms with Gasteiger partial charge in [-0.1, -0.05) is 25.0 Å². The Morgan fingerprint density at radius 3 is 2.10 bits per heavy atom. The van der Waals surface area contributed by atoms with Crippen LogP contribution in [-0.2, 0) is 21.2 Å². The van der Waals surface area contributed by atoms with Crippen LogP contribution in [0.25, 0.3) is 0 Å². The smallest absolute Gasteiger partial charge is 0.416 e. The number of anilines is 1. The van der Waals surface area contributed by atoms with Crippen LogP contribution in [0.3, 0.4) is 0 Å². The van der Waals surface area contributed by atoms with Gasteiger partial charge in [0.15, 0.2) is 0 Å². The molecule has 1 saturated carbocycles. The van der Waals surface area contributed by atoms with Crippen LogP contribution >= 0.6 is 0 Å². The largest absolute Gasteiger partial charge is 0.497 e. The molecule has 0 aromatic heterocycles. The summed E-state index contributed by atoms with van der Waals surface area (Å²) in [7, 11) is 1.59. The molecule has 2 amide bonds. The second kappa shape index (κ2) is 8.77. The zero-order valence-electron chi connectivity index (χ0n) is 16.5. The lowest BCUT2D eigenvalue weighted by atomic mass is 9.78. The summed E-state index contributed by atoms with van der Waals surface area (Å²) < 4.78 is 43.0. The van der Waals surface area contributed by atoms with Gasteiger partial charge in [-0.3, -0.25) is 9.59 Å². The third-order valence-electron chi connectivity index (χ3n) is 5.53. The van der Waals surface area contributed by atoms with Crippen LogP contribution in [0.15, 0.2) is 48.5 Å². The Balaban J connectivity index is 1.62. The molecule has 1 aliphatic carbocycles. The van der Waals surface area contributed by atoms with E-state index in [0.717, 1.165) is 61.3 Å². The van der Waals surface area contributed by atoms with Crippen molar-refractivity contribution in [3.63, 3.8) is 0 Å². The second-order valence-corrected chi connectivity index (χ2v) is 7.43. The number of amides is 2. The van der Waals surface area contributed by atoms with Gasteiger partial charge in [0, 0.05) is 17.6 Å². The first kappa shape index (κ1) is 21.7. The van der Waals surface area contributed by atoms with E-state index in [1.165, 1.54) is 0 Å². The highest BCUT2D eigenvalue weighted by Crippen LogP contribution is 2.41. The molecule has 3 rings (SSSR count). The van der Waals surface area contributed by atoms with E-state index < -0.39 is 23.6 Å². The highest BCUT2D eigenvalue weighted by Gasteiger charge is 2.36. The molecule has 1 aliphatic rings. The zero-order chi connectivity index (χ0) is 21.8. The predicted molar refractivity (Wildman–Crippen MR) is 106 cm³/mol. The van der Waals surface area contributed by atoms with Gasteiger partial charge in [0.2, 0.25) is 0 Å². The van der Waals surface area contributed by atoms with E-state index in [4.69, 9.17) is 4.74 Å². The number of carbonyl (C=O) groups excluding carboxylic acids is 2. The van der Waals surface area contributed by atoms with Crippen molar-refractivity contribution < 1.29 is 27.5 Å². The van der Waals surface area contributed by atoms with Gasteiger partial charge < -0.3 is 15.4 Å². The van der Waals surface area contributed by atoms with Crippen molar-refractivity contribution in [1.82, 2.24) is 5.32 Å². The summed E-state index contributed by atoms with van der Waals surface area (Å²) in [6, 6.07) is 11.6. The SMILES string of the molecule is COc1ccc(C2(CNC(=O)C(=O)Nc3ccc(C(F)(F)F)cc3)CCCC2)cc1. The number of halogens is 3. The maximum Gasteiger partial charge on any atom is 0.416 e. The summed E-state index contributed by atoms with van der Waals surface area (Å²) in [5, 5.41) is 5.01. The van der Waals surface area contributed by atoms with Gasteiger partial charge in [0.05, 0.1) is 12.7 Å². The Kier molecular flexibility index (Phi) is 6.34. The lowest BCUT2D eigenvalue weighted by Gasteiger charge is -2.30. The molecular formula is C22H23F3N2O3. The van der Waals surface area contributed by atoms with Gasteiger partial charge in [-0.2, -0.15) is 13.2 Å². The fourth-order valence-corrected chi connectivity index (χ4v) is 3.82. The molecule has 0 bridgehead atoms. The van der Waals surface area contributed by atoms with E-state index in [-0.39, 0.29) is 11.1 Å². The Morgan fingerprint density at radius 2 is 1.57 bits per heavy atom. The molecule has 30 heavy (non-hydrogen) atoms. The molecule has 1 fully saturated rings. The summed E-state index contributed by atoms with van der Waals surface area (Å²) in [6.07, 6.45) is -0.628. The molecule has 160 valence electrons. The van der Waals surface area contributed by atoms with Crippen LogP contribution in [0.5, 0.6) is 5.75 Å². The van der Waals surface area contributed by atoms with Crippen molar-refractivity contribution in [2.24, 2.45) is 0 Å². The molecule has 5 nitrogen and oxygen atoms in total. The van der Waals surface area contributed by atoms with Crippen LogP contribution in [0.4, 0.5) is 18.9 Å². The molecule has 0 heterocycles. The van der Waals surface area contributed by atoms with E-state index in [2.05, 4.69) is 10.6 Å². The minimum atomic E-state index is -4.46. The normalized spacial score (nSPS) is 15.5. The van der Waals surface area contributed by atoms with Crippen molar-refractivity contribution in [3.05, 3.63) is 59.7 Å². The van der Waals surface area contributed by atoms with Gasteiger partial charge >= 0.3 is 18.0 Å². The number of methoxy groups -OCH3 is 1. The molecule has 0 radical (unpaired) electrons. The number of carbonyl (C=O) groups is 2. The third-order valence-corrected chi connectivity index (χ3v) is 5.53. The summed E-state index contributed by atoms with van der Waals surface area (Å²) in [5.41, 5.74) is 0.113. The monoisotopic (exact) mass is 420 g/mol. The van der Waals surface area contributed by atoms with E-state index in [0.29, 0.717) is 6.54 Å². The molecular weight excluding hydrogens is 397 g/mol. The molecule has 2 N–H and O–H groups in total. The summed E-state index contributed by atoms with van der Waals surface area (Å²) in [6.45, 7) is 0.304. The molecule has 0 atom stereocenters. The van der Waals surface area contributed by atoms with Gasteiger partial charge in [-0.25, -0.2) is 0 Å². The lowest BCUT2D eigenvalue weighted by molar-refractivity contribution is -0.137. The standard InChI is InChI=1S/C22H23F3N2O3/c1-30-18-10-6-15(7-11-18)21(12-2-3-13-21)14-26-19(28)20(29)27-17-8-4-16(5-9-17)22(23,24)25/h4-11H,2-3,12-14H2,1H3,(H,26,28)(H,27,29). The number of rotatable bonds is 5. The zero-order valence-corrected chi connectivity index (χ0v) is 16.5. The topological polar surface area (TPSA) is 67.4 Å². The number of ether oxygens (including phenoxy) is 1. The van der Waals surface area contributed by atoms with Crippen LogP contribution < -0.4 is 15.4 Å². The average molecular weight is 420 g/mol. The molecule has 0 aliphatic heterocycles. The Morgan fingerprint density at radius 1 is 0.967 bits per heavy atom. The van der Waals surface area contributed by atoms with Gasteiger partial charge in [-0.15, -0.1) is 0 Å². The Hall–Kier alpha value is -3.03. The molecule has 0 saturated heterocycles. The first-order valence-corrected chi connectivity index (χ1v) is 9.64. The van der Waals surface area contributed by atoms with Crippen molar-refractivity contribution in [1.29, 1.82) is 0 Å². The fourth-order valence-electron chi connectivity index (χ4n) is 3.82. The molecule has 8 heteroatoms. The first-order valence-electron chi connectivity index (χ1n) is 9.64. The average Bonchev–Trinajstić information content (AvgIpc) is 3.22. The number of benzene rings is 2. The van der Waals surface area contributed by atoms with E-state index >= 15 is 0 Å². The van der Waals surface area contributed by atoms with Gasteiger partial charge in [0.1, 0.15) is 5.75 Å². The summed E-state index contributed by atoms with van der Waals surface area (Å²) >= 11 is 0. The maximum atomic E-state index is 12.6. The number of hydrogen-bond acceptors (Lipinski definition) is 3. The van der Waals surface area contributed by atoms with Crippen LogP contribution in [-0.4, -0.2) is 25.5 Å². The Labute approximate surface area is 172 Å². The van der Waals surface area contributed by atoms with Gasteiger partial charge in [0.25, 0.3) is 0 Å². The lowest BCUT2D eigenvalue weighted by Crippen LogP contribution is -2.43. The minimum Gasteiger partial charge on any atom is -0.497 e.